The molecule has 1 aliphatic carbocycles. The molecule has 2 aromatic carbocycles. The van der Waals surface area contributed by atoms with Crippen molar-refractivity contribution in [1.29, 1.82) is 0 Å². The molecule has 1 aliphatic heterocycles. The van der Waals surface area contributed by atoms with Gasteiger partial charge in [-0.2, -0.15) is 0 Å². The zero-order valence-corrected chi connectivity index (χ0v) is 28.6. The zero-order valence-electron chi connectivity index (χ0n) is 28.6. The Hall–Kier alpha value is -3.94. The van der Waals surface area contributed by atoms with Crippen molar-refractivity contribution in [2.45, 2.75) is 111 Å². The van der Waals surface area contributed by atoms with Crippen LogP contribution in [0.3, 0.4) is 0 Å². The molecule has 1 spiro atoms. The number of para-hydroxylation sites is 1. The van der Waals surface area contributed by atoms with E-state index < -0.39 is 11.6 Å². The fraction of sp³-hybridized carbons (Fsp3) is 0.526. The molecule has 2 aliphatic rings. The predicted molar refractivity (Wildman–Crippen MR) is 185 cm³/mol. The highest BCUT2D eigenvalue weighted by Gasteiger charge is 2.49. The van der Waals surface area contributed by atoms with Crippen LogP contribution in [0.4, 0.5) is 0 Å². The van der Waals surface area contributed by atoms with Crippen molar-refractivity contribution < 1.29 is 23.9 Å². The molecule has 250 valence electrons. The van der Waals surface area contributed by atoms with Crippen LogP contribution in [0.5, 0.6) is 0 Å². The summed E-state index contributed by atoms with van der Waals surface area (Å²) in [5.74, 6) is -0.633. The van der Waals surface area contributed by atoms with Gasteiger partial charge in [-0.05, 0) is 73.3 Å². The van der Waals surface area contributed by atoms with Crippen LogP contribution in [-0.2, 0) is 9.59 Å². The van der Waals surface area contributed by atoms with E-state index in [-0.39, 0.29) is 36.2 Å². The molecule has 1 unspecified atom stereocenters. The van der Waals surface area contributed by atoms with Gasteiger partial charge < -0.3 is 19.7 Å². The van der Waals surface area contributed by atoms with Crippen LogP contribution in [0, 0.1) is 11.3 Å². The molecule has 1 fully saturated rings. The second-order valence-electron chi connectivity index (χ2n) is 13.1. The summed E-state index contributed by atoms with van der Waals surface area (Å²) in [6, 6.07) is 17.2. The number of carboxylic acid groups (broad SMARTS) is 1. The Balaban J connectivity index is 0.000000439. The number of nitrogens with one attached hydrogen (secondary N) is 1. The van der Waals surface area contributed by atoms with Crippen LogP contribution in [-0.4, -0.2) is 46.2 Å². The number of rotatable bonds is 10. The number of hydrogen-bond donors (Lipinski definition) is 2. The Kier molecular flexibility index (Phi) is 13.6. The number of nitrogens with zero attached hydrogens (tertiary/aromatic N) is 2. The number of aliphatic carboxylic acids is 1. The summed E-state index contributed by atoms with van der Waals surface area (Å²) in [7, 11) is 0. The van der Waals surface area contributed by atoms with Gasteiger partial charge in [0.25, 0.3) is 11.8 Å². The van der Waals surface area contributed by atoms with Crippen molar-refractivity contribution in [2.75, 3.05) is 6.54 Å². The monoisotopic (exact) mass is 631 g/mol. The smallest absolute Gasteiger partial charge is 0.305 e. The van der Waals surface area contributed by atoms with Crippen LogP contribution in [0.15, 0.2) is 70.3 Å². The molecule has 1 saturated carbocycles. The first-order chi connectivity index (χ1) is 22.0. The van der Waals surface area contributed by atoms with Crippen molar-refractivity contribution in [3.63, 3.8) is 0 Å². The molecule has 1 aromatic heterocycles. The van der Waals surface area contributed by atoms with Gasteiger partial charge in [-0.3, -0.25) is 19.4 Å². The first-order valence-corrected chi connectivity index (χ1v) is 16.9. The first-order valence-electron chi connectivity index (χ1n) is 16.9. The molecule has 8 heteroatoms. The van der Waals surface area contributed by atoms with Gasteiger partial charge in [0.2, 0.25) is 0 Å². The predicted octanol–water partition coefficient (Wildman–Crippen LogP) is 8.82. The molecule has 1 atom stereocenters. The lowest BCUT2D eigenvalue weighted by atomic mass is 9.69. The van der Waals surface area contributed by atoms with Crippen molar-refractivity contribution in [3.05, 3.63) is 72.0 Å². The highest BCUT2D eigenvalue weighted by atomic mass is 16.4. The summed E-state index contributed by atoms with van der Waals surface area (Å²) in [5, 5.41) is 12.6. The van der Waals surface area contributed by atoms with Gasteiger partial charge in [0.15, 0.2) is 0 Å². The van der Waals surface area contributed by atoms with Crippen LogP contribution in [0.1, 0.15) is 121 Å². The lowest BCUT2D eigenvalue weighted by Crippen LogP contribution is -2.51. The number of carbonyl (C=O) groups excluding carboxylic acids is 2. The van der Waals surface area contributed by atoms with E-state index in [1.807, 2.05) is 61.2 Å². The molecule has 2 heterocycles. The van der Waals surface area contributed by atoms with Gasteiger partial charge in [0.05, 0.1) is 24.9 Å². The van der Waals surface area contributed by atoms with Crippen molar-refractivity contribution in [3.8, 4) is 0 Å². The van der Waals surface area contributed by atoms with Crippen LogP contribution in [0.2, 0.25) is 0 Å². The number of carbonyl (C=O) groups is 3. The van der Waals surface area contributed by atoms with E-state index in [0.29, 0.717) is 11.5 Å². The van der Waals surface area contributed by atoms with E-state index in [2.05, 4.69) is 33.0 Å². The van der Waals surface area contributed by atoms with E-state index in [4.69, 9.17) is 14.5 Å². The Labute approximate surface area is 274 Å². The molecule has 2 N–H and O–H groups in total. The number of furan rings is 1. The minimum atomic E-state index is -0.946. The largest absolute Gasteiger partial charge is 0.481 e. The fourth-order valence-corrected chi connectivity index (χ4v) is 6.45. The van der Waals surface area contributed by atoms with Crippen molar-refractivity contribution in [1.82, 2.24) is 10.2 Å². The Morgan fingerprint density at radius 2 is 1.72 bits per heavy atom. The average Bonchev–Trinajstić information content (AvgIpc) is 3.65. The lowest BCUT2D eigenvalue weighted by molar-refractivity contribution is -0.137. The molecule has 2 amide bonds. The van der Waals surface area contributed by atoms with Gasteiger partial charge in [-0.1, -0.05) is 91.1 Å². The first kappa shape index (κ1) is 36.5. The number of carboxylic acids is 1. The third-order valence-corrected chi connectivity index (χ3v) is 9.05. The average molecular weight is 632 g/mol. The van der Waals surface area contributed by atoms with Crippen LogP contribution in [0.25, 0.3) is 11.0 Å². The van der Waals surface area contributed by atoms with E-state index >= 15 is 0 Å². The summed E-state index contributed by atoms with van der Waals surface area (Å²) in [5.41, 5.74) is 2.23. The number of fused-ring (bicyclic) bond motifs is 1. The molecule has 5 rings (SSSR count). The van der Waals surface area contributed by atoms with Gasteiger partial charge >= 0.3 is 5.97 Å². The molecular weight excluding hydrogens is 578 g/mol. The number of amides is 2. The molecule has 0 radical (unpaired) electrons. The summed E-state index contributed by atoms with van der Waals surface area (Å²) in [4.78, 5) is 43.1. The third-order valence-electron chi connectivity index (χ3n) is 9.05. The van der Waals surface area contributed by atoms with Gasteiger partial charge in [0.1, 0.15) is 11.2 Å². The van der Waals surface area contributed by atoms with E-state index in [9.17, 15) is 14.4 Å². The number of benzene rings is 2. The maximum absolute atomic E-state index is 13.2. The molecular formula is C38H53N3O5. The van der Waals surface area contributed by atoms with Crippen molar-refractivity contribution >= 4 is 35.0 Å². The molecule has 3 aromatic rings. The molecule has 0 bridgehead atoms. The van der Waals surface area contributed by atoms with Gasteiger partial charge in [-0.25, -0.2) is 0 Å². The zero-order chi connectivity index (χ0) is 33.7. The van der Waals surface area contributed by atoms with Crippen LogP contribution >= 0.6 is 0 Å². The van der Waals surface area contributed by atoms with E-state index in [1.54, 1.807) is 18.4 Å². The maximum Gasteiger partial charge on any atom is 0.305 e. The standard InChI is InChI=1S/C28H41N3O4.C8H6O.C2H6/c1-5-6-7-8-23(20-9-11-21(12-10-20)26(35)29-18-15-25(33)34)31-24(32)19-30-28(31)16-13-22(14-17-28)27(2,3)4;1-2-4-8-7(3-1)5-6-9-8;1-2/h9-12,19,22-23H,5-8,13-18H2,1-4H3,(H,29,35)(H,33,34);1-6H;1-2H3. The minimum absolute atomic E-state index is 0.0174. The van der Waals surface area contributed by atoms with E-state index in [1.165, 1.54) is 6.21 Å². The number of hydrogen-bond acceptors (Lipinski definition) is 5. The third kappa shape index (κ3) is 9.54. The quantitative estimate of drug-likeness (QED) is 0.217. The summed E-state index contributed by atoms with van der Waals surface area (Å²) < 4.78 is 5.12. The Morgan fingerprint density at radius 1 is 1.04 bits per heavy atom. The van der Waals surface area contributed by atoms with Gasteiger partial charge in [0, 0.05) is 17.5 Å². The normalized spacial score (nSPS) is 19.7. The molecule has 8 nitrogen and oxygen atoms in total. The number of aliphatic imine (C=N–C) groups is 1. The number of unbranched alkanes of at least 4 members (excludes halogenated alkanes) is 2. The molecule has 0 saturated heterocycles. The van der Waals surface area contributed by atoms with Gasteiger partial charge in [-0.15, -0.1) is 0 Å². The fourth-order valence-electron chi connectivity index (χ4n) is 6.45. The highest BCUT2D eigenvalue weighted by Crippen LogP contribution is 2.48. The van der Waals surface area contributed by atoms with Crippen LogP contribution < -0.4 is 5.32 Å². The maximum atomic E-state index is 13.2. The minimum Gasteiger partial charge on any atom is -0.481 e. The topological polar surface area (TPSA) is 112 Å². The summed E-state index contributed by atoms with van der Waals surface area (Å²) in [6.45, 7) is 13.1. The summed E-state index contributed by atoms with van der Waals surface area (Å²) in [6.07, 6.45) is 11.1. The second-order valence-corrected chi connectivity index (χ2v) is 13.1. The van der Waals surface area contributed by atoms with E-state index in [0.717, 1.165) is 67.9 Å². The highest BCUT2D eigenvalue weighted by molar-refractivity contribution is 6.28. The molecule has 46 heavy (non-hydrogen) atoms. The summed E-state index contributed by atoms with van der Waals surface area (Å²) >= 11 is 0. The van der Waals surface area contributed by atoms with Crippen molar-refractivity contribution in [2.24, 2.45) is 16.3 Å². The Bertz CT molecular complexity index is 1400. The Morgan fingerprint density at radius 3 is 2.33 bits per heavy atom. The second kappa shape index (κ2) is 17.1. The lowest BCUT2D eigenvalue weighted by Gasteiger charge is -2.47. The SMILES string of the molecule is CC.CCCCCC(c1ccc(C(=O)NCCC(=O)O)cc1)N1C(=O)C=NC12CCC(C(C)(C)C)CC2.c1ccc2occc2c1.